The summed E-state index contributed by atoms with van der Waals surface area (Å²) in [5.74, 6) is -1.25. The third-order valence-corrected chi connectivity index (χ3v) is 5.69. The van der Waals surface area contributed by atoms with E-state index in [4.69, 9.17) is 63.1 Å². The molecule has 0 bridgehead atoms. The van der Waals surface area contributed by atoms with Crippen molar-refractivity contribution in [2.24, 2.45) is 0 Å². The third-order valence-electron chi connectivity index (χ3n) is 3.41. The number of ether oxygens (including phenoxy) is 1. The Morgan fingerprint density at radius 1 is 1.12 bits per heavy atom. The van der Waals surface area contributed by atoms with Gasteiger partial charge in [-0.3, -0.25) is 4.79 Å². The highest BCUT2D eigenvalue weighted by atomic mass is 35.5. The Morgan fingerprint density at radius 3 is 2.12 bits per heavy atom. The van der Waals surface area contributed by atoms with Gasteiger partial charge in [0.2, 0.25) is 0 Å². The van der Waals surface area contributed by atoms with E-state index in [0.717, 1.165) is 0 Å². The molecule has 0 fully saturated rings. The average molecular weight is 449 g/mol. The minimum atomic E-state index is -0.713. The number of esters is 1. The summed E-state index contributed by atoms with van der Waals surface area (Å²) in [5.41, 5.74) is -0.0211. The van der Waals surface area contributed by atoms with Gasteiger partial charge >= 0.3 is 5.97 Å². The number of aliphatic hydroxyl groups excluding tert-OH is 1. The Hall–Kier alpha value is -0.890. The lowest BCUT2D eigenvalue weighted by Gasteiger charge is -2.17. The minimum absolute atomic E-state index is 0.0262. The number of benzene rings is 1. The second kappa shape index (κ2) is 8.20. The summed E-state index contributed by atoms with van der Waals surface area (Å²) < 4.78 is 4.69. The minimum Gasteiger partial charge on any atom is -0.466 e. The van der Waals surface area contributed by atoms with Crippen LogP contribution in [0.3, 0.4) is 0 Å². The van der Waals surface area contributed by atoms with Crippen LogP contribution in [0.2, 0.25) is 25.1 Å². The van der Waals surface area contributed by atoms with Crippen molar-refractivity contribution < 1.29 is 19.4 Å². The number of nitrogens with one attached hydrogen (secondary N) is 1. The SMILES string of the molecule is COC(=O)C1=C(Nc2c(Cl)c(Cl)c(Cl)c(Cl)c2Cl)C(=O)N(CCO)C1. The number of carbonyl (C=O) groups excluding carboxylic acids is 2. The van der Waals surface area contributed by atoms with E-state index >= 15 is 0 Å². The molecule has 0 saturated carbocycles. The van der Waals surface area contributed by atoms with E-state index in [2.05, 4.69) is 10.1 Å². The molecular weight excluding hydrogens is 437 g/mol. The Kier molecular flexibility index (Phi) is 6.70. The van der Waals surface area contributed by atoms with Crippen molar-refractivity contribution in [3.63, 3.8) is 0 Å². The maximum absolute atomic E-state index is 12.5. The fraction of sp³-hybridized carbons (Fsp3) is 0.286. The van der Waals surface area contributed by atoms with Crippen LogP contribution in [0.25, 0.3) is 0 Å². The lowest BCUT2D eigenvalue weighted by Crippen LogP contribution is -2.31. The average Bonchev–Trinajstić information content (AvgIpc) is 2.91. The lowest BCUT2D eigenvalue weighted by atomic mass is 10.2. The molecule has 0 aliphatic carbocycles. The van der Waals surface area contributed by atoms with Gasteiger partial charge in [0.05, 0.1) is 56.6 Å². The molecule has 0 aromatic heterocycles. The quantitative estimate of drug-likeness (QED) is 0.409. The molecule has 1 aromatic carbocycles. The zero-order chi connectivity index (χ0) is 18.9. The second-order valence-corrected chi connectivity index (χ2v) is 6.76. The van der Waals surface area contributed by atoms with Crippen molar-refractivity contribution in [3.05, 3.63) is 36.4 Å². The van der Waals surface area contributed by atoms with E-state index in [1.165, 1.54) is 12.0 Å². The van der Waals surface area contributed by atoms with E-state index in [9.17, 15) is 9.59 Å². The van der Waals surface area contributed by atoms with Crippen molar-refractivity contribution in [1.29, 1.82) is 0 Å². The van der Waals surface area contributed by atoms with Gasteiger partial charge in [-0.05, 0) is 0 Å². The summed E-state index contributed by atoms with van der Waals surface area (Å²) in [5, 5.41) is 11.5. The molecular formula is C14H11Cl5N2O4. The van der Waals surface area contributed by atoms with Crippen molar-refractivity contribution in [2.75, 3.05) is 32.1 Å². The smallest absolute Gasteiger partial charge is 0.337 e. The fourth-order valence-corrected chi connectivity index (χ4v) is 3.42. The van der Waals surface area contributed by atoms with Crippen molar-refractivity contribution in [3.8, 4) is 0 Å². The predicted molar refractivity (Wildman–Crippen MR) is 97.8 cm³/mol. The molecule has 2 rings (SSSR count). The van der Waals surface area contributed by atoms with E-state index in [0.29, 0.717) is 0 Å². The number of β-amino-alcohol motifs (C(OH)–C–C–N with tert-alkyl or cyclic N) is 1. The summed E-state index contributed by atoms with van der Waals surface area (Å²) in [7, 11) is 1.18. The van der Waals surface area contributed by atoms with Crippen LogP contribution in [0.4, 0.5) is 5.69 Å². The first-order valence-electron chi connectivity index (χ1n) is 6.74. The molecule has 1 aromatic rings. The molecule has 0 unspecified atom stereocenters. The highest BCUT2D eigenvalue weighted by Gasteiger charge is 2.35. The molecule has 1 heterocycles. The summed E-state index contributed by atoms with van der Waals surface area (Å²) in [4.78, 5) is 25.7. The number of halogens is 5. The zero-order valence-electron chi connectivity index (χ0n) is 12.6. The van der Waals surface area contributed by atoms with Gasteiger partial charge in [-0.2, -0.15) is 0 Å². The molecule has 0 saturated heterocycles. The first-order chi connectivity index (χ1) is 11.7. The second-order valence-electron chi connectivity index (χ2n) is 4.87. The van der Waals surface area contributed by atoms with Crippen molar-refractivity contribution >= 4 is 75.6 Å². The van der Waals surface area contributed by atoms with E-state index < -0.39 is 11.9 Å². The molecule has 2 N–H and O–H groups in total. The number of rotatable bonds is 5. The van der Waals surface area contributed by atoms with Gasteiger partial charge in [-0.1, -0.05) is 58.0 Å². The van der Waals surface area contributed by atoms with Crippen LogP contribution in [0.1, 0.15) is 0 Å². The predicted octanol–water partition coefficient (Wildman–Crippen LogP) is 3.63. The van der Waals surface area contributed by atoms with Crippen LogP contribution >= 0.6 is 58.0 Å². The molecule has 25 heavy (non-hydrogen) atoms. The normalized spacial score (nSPS) is 14.4. The molecule has 6 nitrogen and oxygen atoms in total. The number of carbonyl (C=O) groups is 2. The maximum Gasteiger partial charge on any atom is 0.337 e. The van der Waals surface area contributed by atoms with Crippen LogP contribution in [-0.2, 0) is 14.3 Å². The molecule has 0 radical (unpaired) electrons. The van der Waals surface area contributed by atoms with Gasteiger partial charge < -0.3 is 20.1 Å². The van der Waals surface area contributed by atoms with Gasteiger partial charge in [0.1, 0.15) is 5.70 Å². The summed E-state index contributed by atoms with van der Waals surface area (Å²) in [6, 6.07) is 0. The monoisotopic (exact) mass is 446 g/mol. The summed E-state index contributed by atoms with van der Waals surface area (Å²) >= 11 is 30.2. The van der Waals surface area contributed by atoms with E-state index in [-0.39, 0.29) is 61.8 Å². The van der Waals surface area contributed by atoms with E-state index in [1.807, 2.05) is 0 Å². The van der Waals surface area contributed by atoms with Gasteiger partial charge in [-0.15, -0.1) is 0 Å². The fourth-order valence-electron chi connectivity index (χ4n) is 2.19. The third kappa shape index (κ3) is 3.79. The van der Waals surface area contributed by atoms with Crippen molar-refractivity contribution in [1.82, 2.24) is 4.90 Å². The largest absolute Gasteiger partial charge is 0.466 e. The Labute approximate surface area is 168 Å². The van der Waals surface area contributed by atoms with E-state index in [1.54, 1.807) is 0 Å². The first-order valence-corrected chi connectivity index (χ1v) is 8.63. The number of nitrogens with zero attached hydrogens (tertiary/aromatic N) is 1. The van der Waals surface area contributed by atoms with Gasteiger partial charge in [-0.25, -0.2) is 4.79 Å². The lowest BCUT2D eigenvalue weighted by molar-refractivity contribution is -0.136. The molecule has 11 heteroatoms. The van der Waals surface area contributed by atoms with Crippen molar-refractivity contribution in [2.45, 2.75) is 0 Å². The molecule has 136 valence electrons. The van der Waals surface area contributed by atoms with Gasteiger partial charge in [0.15, 0.2) is 0 Å². The number of hydrogen-bond acceptors (Lipinski definition) is 5. The van der Waals surface area contributed by atoms with Gasteiger partial charge in [0.25, 0.3) is 5.91 Å². The van der Waals surface area contributed by atoms with Gasteiger partial charge in [0, 0.05) is 6.54 Å². The number of amides is 1. The maximum atomic E-state index is 12.5. The molecule has 1 aliphatic rings. The standard InChI is InChI=1S/C14H11Cl5N2O4/c1-25-14(24)5-4-21(2-3-22)13(23)11(5)20-12-9(18)7(16)6(15)8(17)10(12)19/h20,22H,2-4H2,1H3. The zero-order valence-corrected chi connectivity index (χ0v) is 16.4. The number of methoxy groups -OCH3 is 1. The highest BCUT2D eigenvalue weighted by molar-refractivity contribution is 6.56. The molecule has 0 spiro atoms. The number of anilines is 1. The Balaban J connectivity index is 2.53. The summed E-state index contributed by atoms with van der Waals surface area (Å²) in [6.07, 6.45) is 0. The Bertz CT molecular complexity index is 752. The van der Waals surface area contributed by atoms with Crippen LogP contribution in [0.15, 0.2) is 11.3 Å². The van der Waals surface area contributed by atoms with Crippen LogP contribution in [0.5, 0.6) is 0 Å². The highest BCUT2D eigenvalue weighted by Crippen LogP contribution is 2.47. The number of aliphatic hydroxyl groups is 1. The van der Waals surface area contributed by atoms with Crippen LogP contribution in [-0.4, -0.2) is 48.7 Å². The Morgan fingerprint density at radius 2 is 1.64 bits per heavy atom. The van der Waals surface area contributed by atoms with Crippen LogP contribution in [0, 0.1) is 0 Å². The molecule has 1 amide bonds. The van der Waals surface area contributed by atoms with Crippen LogP contribution < -0.4 is 5.32 Å². The summed E-state index contributed by atoms with van der Waals surface area (Å²) in [6.45, 7) is -0.277. The molecule has 1 aliphatic heterocycles. The topological polar surface area (TPSA) is 78.9 Å². The number of hydrogen-bond donors (Lipinski definition) is 2. The first kappa shape index (κ1) is 20.4. The molecule has 0 atom stereocenters.